The van der Waals surface area contributed by atoms with Crippen LogP contribution in [0.5, 0.6) is 5.75 Å². The number of nitrogens with one attached hydrogen (secondary N) is 1. The number of rotatable bonds is 5. The fourth-order valence-electron chi connectivity index (χ4n) is 1.84. The number of halogens is 3. The first-order valence-electron chi connectivity index (χ1n) is 6.59. The van der Waals surface area contributed by atoms with Crippen LogP contribution in [0.3, 0.4) is 0 Å². The Morgan fingerprint density at radius 1 is 1.18 bits per heavy atom. The molecule has 0 unspecified atom stereocenters. The number of benzene rings is 2. The second kappa shape index (κ2) is 7.22. The number of carbonyl (C=O) groups excluding carboxylic acids is 1. The van der Waals surface area contributed by atoms with Crippen molar-refractivity contribution in [1.29, 1.82) is 0 Å². The van der Waals surface area contributed by atoms with E-state index in [-0.39, 0.29) is 18.7 Å². The van der Waals surface area contributed by atoms with Crippen molar-refractivity contribution in [2.24, 2.45) is 0 Å². The summed E-state index contributed by atoms with van der Waals surface area (Å²) in [5.74, 6) is -1.86. The largest absolute Gasteiger partial charge is 0.491 e. The van der Waals surface area contributed by atoms with E-state index in [1.54, 1.807) is 18.2 Å². The Hall–Kier alpha value is -2.14. The van der Waals surface area contributed by atoms with Crippen LogP contribution in [0.2, 0.25) is 5.02 Å². The number of hydrogen-bond donors (Lipinski definition) is 1. The lowest BCUT2D eigenvalue weighted by Gasteiger charge is -2.10. The quantitative estimate of drug-likeness (QED) is 0.851. The molecule has 1 amide bonds. The molecule has 0 spiro atoms. The number of aryl methyl sites for hydroxylation is 1. The highest BCUT2D eigenvalue weighted by Crippen LogP contribution is 2.21. The second-order valence-corrected chi connectivity index (χ2v) is 5.08. The van der Waals surface area contributed by atoms with Crippen LogP contribution in [0, 0.1) is 18.6 Å². The summed E-state index contributed by atoms with van der Waals surface area (Å²) in [5.41, 5.74) is 0.945. The van der Waals surface area contributed by atoms with Gasteiger partial charge in [-0.2, -0.15) is 0 Å². The van der Waals surface area contributed by atoms with Gasteiger partial charge >= 0.3 is 0 Å². The second-order valence-electron chi connectivity index (χ2n) is 4.64. The molecule has 0 aromatic heterocycles. The third-order valence-corrected chi connectivity index (χ3v) is 3.20. The molecule has 0 saturated heterocycles. The summed E-state index contributed by atoms with van der Waals surface area (Å²) in [7, 11) is 0. The molecule has 3 nitrogen and oxygen atoms in total. The first-order valence-corrected chi connectivity index (χ1v) is 6.97. The van der Waals surface area contributed by atoms with Crippen molar-refractivity contribution in [3.05, 3.63) is 64.2 Å². The molecule has 2 aromatic carbocycles. The maximum atomic E-state index is 13.0. The van der Waals surface area contributed by atoms with E-state index < -0.39 is 17.5 Å². The van der Waals surface area contributed by atoms with Gasteiger partial charge in [0.05, 0.1) is 6.54 Å². The molecule has 116 valence electrons. The van der Waals surface area contributed by atoms with Crippen molar-refractivity contribution in [3.8, 4) is 5.75 Å². The molecular formula is C16H14ClF2NO2. The zero-order valence-corrected chi connectivity index (χ0v) is 12.6. The predicted molar refractivity (Wildman–Crippen MR) is 80.4 cm³/mol. The molecule has 0 aliphatic heterocycles. The SMILES string of the molecule is Cc1cc(Cl)ccc1OCCNC(=O)c1ccc(F)c(F)c1. The summed E-state index contributed by atoms with van der Waals surface area (Å²) >= 11 is 5.84. The van der Waals surface area contributed by atoms with E-state index in [0.29, 0.717) is 10.8 Å². The first-order chi connectivity index (χ1) is 10.5. The predicted octanol–water partition coefficient (Wildman–Crippen LogP) is 3.74. The summed E-state index contributed by atoms with van der Waals surface area (Å²) in [4.78, 5) is 11.8. The van der Waals surface area contributed by atoms with Gasteiger partial charge in [-0.3, -0.25) is 4.79 Å². The van der Waals surface area contributed by atoms with Crippen LogP contribution >= 0.6 is 11.6 Å². The number of ether oxygens (including phenoxy) is 1. The Labute approximate surface area is 131 Å². The van der Waals surface area contributed by atoms with Gasteiger partial charge in [0.25, 0.3) is 5.91 Å². The Kier molecular flexibility index (Phi) is 5.33. The first kappa shape index (κ1) is 16.2. The average molecular weight is 326 g/mol. The molecule has 0 atom stereocenters. The molecule has 6 heteroatoms. The van der Waals surface area contributed by atoms with Crippen molar-refractivity contribution < 1.29 is 18.3 Å². The van der Waals surface area contributed by atoms with E-state index in [1.807, 2.05) is 6.92 Å². The maximum absolute atomic E-state index is 13.0. The molecule has 22 heavy (non-hydrogen) atoms. The summed E-state index contributed by atoms with van der Waals surface area (Å²) in [6.07, 6.45) is 0. The summed E-state index contributed by atoms with van der Waals surface area (Å²) in [6, 6.07) is 8.22. The number of amides is 1. The highest BCUT2D eigenvalue weighted by Gasteiger charge is 2.09. The van der Waals surface area contributed by atoms with Crippen LogP contribution in [0.25, 0.3) is 0 Å². The molecule has 0 fully saturated rings. The van der Waals surface area contributed by atoms with Gasteiger partial charge in [0.2, 0.25) is 0 Å². The van der Waals surface area contributed by atoms with Gasteiger partial charge in [-0.15, -0.1) is 0 Å². The van der Waals surface area contributed by atoms with E-state index in [9.17, 15) is 13.6 Å². The molecule has 2 rings (SSSR count). The van der Waals surface area contributed by atoms with Gasteiger partial charge in [-0.05, 0) is 48.9 Å². The molecule has 1 N–H and O–H groups in total. The van der Waals surface area contributed by atoms with Crippen LogP contribution < -0.4 is 10.1 Å². The smallest absolute Gasteiger partial charge is 0.251 e. The Morgan fingerprint density at radius 3 is 2.64 bits per heavy atom. The van der Waals surface area contributed by atoms with Crippen molar-refractivity contribution in [2.45, 2.75) is 6.92 Å². The molecule has 0 aliphatic rings. The van der Waals surface area contributed by atoms with Crippen LogP contribution in [0.15, 0.2) is 36.4 Å². The Bertz CT molecular complexity index is 692. The minimum Gasteiger partial charge on any atom is -0.491 e. The fraction of sp³-hybridized carbons (Fsp3) is 0.188. The topological polar surface area (TPSA) is 38.3 Å². The lowest BCUT2D eigenvalue weighted by Crippen LogP contribution is -2.28. The molecular weight excluding hydrogens is 312 g/mol. The highest BCUT2D eigenvalue weighted by atomic mass is 35.5. The van der Waals surface area contributed by atoms with Gasteiger partial charge in [0, 0.05) is 10.6 Å². The van der Waals surface area contributed by atoms with Gasteiger partial charge < -0.3 is 10.1 Å². The minimum absolute atomic E-state index is 0.0570. The van der Waals surface area contributed by atoms with Crippen LogP contribution in [0.1, 0.15) is 15.9 Å². The molecule has 0 radical (unpaired) electrons. The third kappa shape index (κ3) is 4.18. The normalized spacial score (nSPS) is 10.4. The van der Waals surface area contributed by atoms with E-state index in [4.69, 9.17) is 16.3 Å². The van der Waals surface area contributed by atoms with Gasteiger partial charge in [-0.25, -0.2) is 8.78 Å². The van der Waals surface area contributed by atoms with Crippen molar-refractivity contribution in [3.63, 3.8) is 0 Å². The Balaban J connectivity index is 1.83. The van der Waals surface area contributed by atoms with Crippen LogP contribution in [-0.2, 0) is 0 Å². The lowest BCUT2D eigenvalue weighted by molar-refractivity contribution is 0.0946. The molecule has 0 saturated carbocycles. The van der Waals surface area contributed by atoms with Crippen molar-refractivity contribution >= 4 is 17.5 Å². The molecule has 0 heterocycles. The van der Waals surface area contributed by atoms with Crippen molar-refractivity contribution in [2.75, 3.05) is 13.2 Å². The standard InChI is InChI=1S/C16H14ClF2NO2/c1-10-8-12(17)3-5-15(10)22-7-6-20-16(21)11-2-4-13(18)14(19)9-11/h2-5,8-9H,6-7H2,1H3,(H,20,21). The van der Waals surface area contributed by atoms with E-state index in [1.165, 1.54) is 6.07 Å². The highest BCUT2D eigenvalue weighted by molar-refractivity contribution is 6.30. The van der Waals surface area contributed by atoms with Gasteiger partial charge in [0.1, 0.15) is 12.4 Å². The number of carbonyl (C=O) groups is 1. The summed E-state index contributed by atoms with van der Waals surface area (Å²) < 4.78 is 31.3. The van der Waals surface area contributed by atoms with Gasteiger partial charge in [0.15, 0.2) is 11.6 Å². The Morgan fingerprint density at radius 2 is 1.95 bits per heavy atom. The van der Waals surface area contributed by atoms with Crippen molar-refractivity contribution in [1.82, 2.24) is 5.32 Å². The zero-order valence-electron chi connectivity index (χ0n) is 11.8. The lowest BCUT2D eigenvalue weighted by atomic mass is 10.2. The molecule has 2 aromatic rings. The summed E-state index contributed by atoms with van der Waals surface area (Å²) in [6.45, 7) is 2.35. The van der Waals surface area contributed by atoms with E-state index in [2.05, 4.69) is 5.32 Å². The van der Waals surface area contributed by atoms with Crippen LogP contribution in [-0.4, -0.2) is 19.1 Å². The van der Waals surface area contributed by atoms with E-state index in [0.717, 1.165) is 17.7 Å². The maximum Gasteiger partial charge on any atom is 0.251 e. The van der Waals surface area contributed by atoms with Crippen LogP contribution in [0.4, 0.5) is 8.78 Å². The number of hydrogen-bond acceptors (Lipinski definition) is 2. The molecule has 0 aliphatic carbocycles. The average Bonchev–Trinajstić information content (AvgIpc) is 2.48. The third-order valence-electron chi connectivity index (χ3n) is 2.96. The fourth-order valence-corrected chi connectivity index (χ4v) is 2.07. The monoisotopic (exact) mass is 325 g/mol. The van der Waals surface area contributed by atoms with E-state index >= 15 is 0 Å². The minimum atomic E-state index is -1.05. The zero-order chi connectivity index (χ0) is 16.1. The summed E-state index contributed by atoms with van der Waals surface area (Å²) in [5, 5.41) is 3.19. The molecule has 0 bridgehead atoms. The van der Waals surface area contributed by atoms with Gasteiger partial charge in [-0.1, -0.05) is 11.6 Å².